The minimum atomic E-state index is 0.683. The molecular weight excluding hydrogens is 366 g/mol. The number of nitrogens with zero attached hydrogens (tertiary/aromatic N) is 2. The van der Waals surface area contributed by atoms with E-state index in [2.05, 4.69) is 58.4 Å². The monoisotopic (exact) mass is 397 g/mol. The molecule has 1 aliphatic heterocycles. The zero-order valence-electron chi connectivity index (χ0n) is 17.0. The van der Waals surface area contributed by atoms with Crippen molar-refractivity contribution in [3.8, 4) is 5.75 Å². The molecule has 0 radical (unpaired) electrons. The van der Waals surface area contributed by atoms with Crippen molar-refractivity contribution >= 4 is 28.7 Å². The quantitative estimate of drug-likeness (QED) is 0.668. The molecule has 1 fully saturated rings. The van der Waals surface area contributed by atoms with Crippen molar-refractivity contribution in [1.29, 1.82) is 0 Å². The highest BCUT2D eigenvalue weighted by atomic mass is 32.1. The maximum atomic E-state index is 5.78. The molecule has 3 rings (SSSR count). The Hall–Kier alpha value is -2.27. The van der Waals surface area contributed by atoms with Gasteiger partial charge in [0.2, 0.25) is 0 Å². The molecule has 5 heteroatoms. The van der Waals surface area contributed by atoms with Crippen molar-refractivity contribution in [3.63, 3.8) is 0 Å². The van der Waals surface area contributed by atoms with Gasteiger partial charge < -0.3 is 19.9 Å². The van der Waals surface area contributed by atoms with Crippen molar-refractivity contribution < 1.29 is 4.74 Å². The first-order valence-corrected chi connectivity index (χ1v) is 10.7. The molecule has 1 N–H and O–H groups in total. The third kappa shape index (κ3) is 5.38. The largest absolute Gasteiger partial charge is 0.492 e. The van der Waals surface area contributed by atoms with Crippen LogP contribution in [0.5, 0.6) is 5.75 Å². The molecule has 1 heterocycles. The van der Waals surface area contributed by atoms with Crippen LogP contribution >= 0.6 is 12.2 Å². The number of piperazine rings is 1. The first-order valence-electron chi connectivity index (χ1n) is 10.3. The highest BCUT2D eigenvalue weighted by molar-refractivity contribution is 7.80. The Morgan fingerprint density at radius 3 is 2.39 bits per heavy atom. The van der Waals surface area contributed by atoms with Gasteiger partial charge in [0.15, 0.2) is 5.11 Å². The lowest BCUT2D eigenvalue weighted by molar-refractivity contribution is 0.336. The van der Waals surface area contributed by atoms with Crippen molar-refractivity contribution in [2.75, 3.05) is 43.0 Å². The Kier molecular flexibility index (Phi) is 7.54. The van der Waals surface area contributed by atoms with Crippen LogP contribution in [0.2, 0.25) is 0 Å². The van der Waals surface area contributed by atoms with Crippen LogP contribution in [0.3, 0.4) is 0 Å². The van der Waals surface area contributed by atoms with Crippen LogP contribution in [0.15, 0.2) is 48.5 Å². The number of nitrogens with one attached hydrogen (secondary N) is 1. The van der Waals surface area contributed by atoms with E-state index >= 15 is 0 Å². The lowest BCUT2D eigenvalue weighted by Crippen LogP contribution is -2.50. The van der Waals surface area contributed by atoms with E-state index in [1.165, 1.54) is 24.1 Å². The second-order valence-electron chi connectivity index (χ2n) is 7.11. The fourth-order valence-electron chi connectivity index (χ4n) is 3.48. The number of ether oxygens (including phenoxy) is 1. The molecule has 150 valence electrons. The van der Waals surface area contributed by atoms with Gasteiger partial charge in [-0.05, 0) is 61.8 Å². The maximum absolute atomic E-state index is 5.78. The molecule has 0 saturated carbocycles. The first-order chi connectivity index (χ1) is 13.7. The summed E-state index contributed by atoms with van der Waals surface area (Å²) in [6.07, 6.45) is 3.61. The van der Waals surface area contributed by atoms with Crippen molar-refractivity contribution in [1.82, 2.24) is 4.90 Å². The third-order valence-electron chi connectivity index (χ3n) is 5.10. The van der Waals surface area contributed by atoms with E-state index < -0.39 is 0 Å². The smallest absolute Gasteiger partial charge is 0.173 e. The number of aryl methyl sites for hydroxylation is 1. The molecule has 0 amide bonds. The van der Waals surface area contributed by atoms with E-state index in [-0.39, 0.29) is 0 Å². The zero-order chi connectivity index (χ0) is 19.8. The topological polar surface area (TPSA) is 27.7 Å². The van der Waals surface area contributed by atoms with E-state index in [1.807, 2.05) is 19.1 Å². The second-order valence-corrected chi connectivity index (χ2v) is 7.49. The molecule has 0 unspecified atom stereocenters. The number of para-hydroxylation sites is 2. The molecule has 2 aromatic carbocycles. The summed E-state index contributed by atoms with van der Waals surface area (Å²) in [6.45, 7) is 8.60. The lowest BCUT2D eigenvalue weighted by atomic mass is 10.1. The van der Waals surface area contributed by atoms with Crippen molar-refractivity contribution in [3.05, 3.63) is 54.1 Å². The zero-order valence-corrected chi connectivity index (χ0v) is 17.8. The normalized spacial score (nSPS) is 14.1. The first kappa shape index (κ1) is 20.5. The Morgan fingerprint density at radius 1 is 1.00 bits per heavy atom. The number of hydrogen-bond acceptors (Lipinski definition) is 3. The summed E-state index contributed by atoms with van der Waals surface area (Å²) < 4.78 is 5.78. The molecule has 0 spiro atoms. The molecule has 28 heavy (non-hydrogen) atoms. The highest BCUT2D eigenvalue weighted by Crippen LogP contribution is 2.28. The minimum absolute atomic E-state index is 0.683. The van der Waals surface area contributed by atoms with E-state index in [0.717, 1.165) is 49.1 Å². The predicted molar refractivity (Wildman–Crippen MR) is 123 cm³/mol. The van der Waals surface area contributed by atoms with Gasteiger partial charge in [-0.3, -0.25) is 0 Å². The van der Waals surface area contributed by atoms with E-state index in [9.17, 15) is 0 Å². The summed E-state index contributed by atoms with van der Waals surface area (Å²) >= 11 is 5.65. The maximum Gasteiger partial charge on any atom is 0.173 e. The van der Waals surface area contributed by atoms with Gasteiger partial charge in [-0.2, -0.15) is 0 Å². The summed E-state index contributed by atoms with van der Waals surface area (Å²) in [7, 11) is 0. The SMILES string of the molecule is CCCCc1ccc(NC(=S)N2CCN(c3ccccc3OCC)CC2)cc1. The standard InChI is InChI=1S/C23H31N3OS/c1-3-5-8-19-11-13-20(14-12-19)24-23(28)26-17-15-25(16-18-26)21-9-6-7-10-22(21)27-4-2/h6-7,9-14H,3-5,8,15-18H2,1-2H3,(H,24,28). The molecular formula is C23H31N3OS. The fraction of sp³-hybridized carbons (Fsp3) is 0.435. The van der Waals surface area contributed by atoms with Crippen molar-refractivity contribution in [2.24, 2.45) is 0 Å². The summed E-state index contributed by atoms with van der Waals surface area (Å²) in [4.78, 5) is 4.63. The van der Waals surface area contributed by atoms with Crippen molar-refractivity contribution in [2.45, 2.75) is 33.1 Å². The number of anilines is 2. The van der Waals surface area contributed by atoms with Gasteiger partial charge in [0.05, 0.1) is 12.3 Å². The lowest BCUT2D eigenvalue weighted by Gasteiger charge is -2.38. The summed E-state index contributed by atoms with van der Waals surface area (Å²) in [5.74, 6) is 0.960. The molecule has 0 aliphatic carbocycles. The highest BCUT2D eigenvalue weighted by Gasteiger charge is 2.21. The predicted octanol–water partition coefficient (Wildman–Crippen LogP) is 4.95. The van der Waals surface area contributed by atoms with E-state index in [4.69, 9.17) is 17.0 Å². The van der Waals surface area contributed by atoms with Gasteiger partial charge in [-0.25, -0.2) is 0 Å². The van der Waals surface area contributed by atoms with Crippen LogP contribution in [0.25, 0.3) is 0 Å². The number of unbranched alkanes of at least 4 members (excludes halogenated alkanes) is 1. The average molecular weight is 398 g/mol. The van der Waals surface area contributed by atoms with Crippen LogP contribution in [0, 0.1) is 0 Å². The number of rotatable bonds is 7. The number of benzene rings is 2. The minimum Gasteiger partial charge on any atom is -0.492 e. The molecule has 2 aromatic rings. The number of thiocarbonyl (C=S) groups is 1. The number of hydrogen-bond donors (Lipinski definition) is 1. The van der Waals surface area contributed by atoms with Gasteiger partial charge >= 0.3 is 0 Å². The molecule has 1 saturated heterocycles. The molecule has 0 atom stereocenters. The van der Waals surface area contributed by atoms with Crippen LogP contribution in [-0.2, 0) is 6.42 Å². The van der Waals surface area contributed by atoms with Gasteiger partial charge in [0.25, 0.3) is 0 Å². The average Bonchev–Trinajstić information content (AvgIpc) is 2.74. The van der Waals surface area contributed by atoms with Crippen LogP contribution in [-0.4, -0.2) is 42.8 Å². The van der Waals surface area contributed by atoms with Gasteiger partial charge in [-0.1, -0.05) is 37.6 Å². The van der Waals surface area contributed by atoms with Gasteiger partial charge in [0, 0.05) is 31.9 Å². The van der Waals surface area contributed by atoms with E-state index in [1.54, 1.807) is 0 Å². The Morgan fingerprint density at radius 2 is 1.71 bits per heavy atom. The Labute approximate surface area is 174 Å². The van der Waals surface area contributed by atoms with Crippen LogP contribution < -0.4 is 15.0 Å². The Balaban J connectivity index is 1.52. The molecule has 0 aromatic heterocycles. The summed E-state index contributed by atoms with van der Waals surface area (Å²) in [5.41, 5.74) is 3.62. The fourth-order valence-corrected chi connectivity index (χ4v) is 3.79. The summed E-state index contributed by atoms with van der Waals surface area (Å²) in [5, 5.41) is 4.20. The second kappa shape index (κ2) is 10.3. The van der Waals surface area contributed by atoms with Crippen LogP contribution in [0.1, 0.15) is 32.3 Å². The Bertz CT molecular complexity index is 755. The molecule has 1 aliphatic rings. The molecule has 4 nitrogen and oxygen atoms in total. The van der Waals surface area contributed by atoms with Gasteiger partial charge in [-0.15, -0.1) is 0 Å². The summed E-state index contributed by atoms with van der Waals surface area (Å²) in [6, 6.07) is 16.9. The molecule has 0 bridgehead atoms. The van der Waals surface area contributed by atoms with Crippen LogP contribution in [0.4, 0.5) is 11.4 Å². The van der Waals surface area contributed by atoms with E-state index in [0.29, 0.717) is 6.61 Å². The van der Waals surface area contributed by atoms with Gasteiger partial charge in [0.1, 0.15) is 5.75 Å². The third-order valence-corrected chi connectivity index (χ3v) is 5.46.